The van der Waals surface area contributed by atoms with Crippen molar-refractivity contribution in [2.45, 2.75) is 13.8 Å². The summed E-state index contributed by atoms with van der Waals surface area (Å²) in [6, 6.07) is 7.58. The molecule has 0 spiro atoms. The fourth-order valence-corrected chi connectivity index (χ4v) is 0.830. The Kier molecular flexibility index (Phi) is 2.47. The third kappa shape index (κ3) is 2.22. The largest absolute Gasteiger partial charge is 0.259 e. The second-order valence-electron chi connectivity index (χ2n) is 2.62. The summed E-state index contributed by atoms with van der Waals surface area (Å²) in [6.07, 6.45) is 0. The molecular weight excluding hydrogens is 133 g/mol. The topological polar surface area (TPSA) is 12.4 Å². The number of rotatable bonds is 1. The molecule has 0 amide bonds. The predicted molar refractivity (Wildman–Crippen MR) is 50.3 cm³/mol. The lowest BCUT2D eigenvalue weighted by atomic mass is 9.94. The van der Waals surface area contributed by atoms with E-state index in [4.69, 9.17) is 7.85 Å². The smallest absolute Gasteiger partial charge is 0.116 e. The highest BCUT2D eigenvalue weighted by molar-refractivity contribution is 6.35. The molecule has 1 nitrogen and oxygen atoms in total. The highest BCUT2D eigenvalue weighted by atomic mass is 14.7. The minimum Gasteiger partial charge on any atom is -0.259 e. The normalized spacial score (nSPS) is 9.27. The van der Waals surface area contributed by atoms with E-state index in [1.807, 2.05) is 38.1 Å². The van der Waals surface area contributed by atoms with E-state index in [1.165, 1.54) is 0 Å². The first-order valence-electron chi connectivity index (χ1n) is 3.56. The van der Waals surface area contributed by atoms with Crippen molar-refractivity contribution in [2.75, 3.05) is 0 Å². The quantitative estimate of drug-likeness (QED) is 0.418. The van der Waals surface area contributed by atoms with Crippen molar-refractivity contribution in [1.29, 1.82) is 0 Å². The summed E-state index contributed by atoms with van der Waals surface area (Å²) in [6.45, 7) is 3.90. The molecule has 1 aromatic rings. The van der Waals surface area contributed by atoms with Gasteiger partial charge < -0.3 is 0 Å². The Morgan fingerprint density at radius 3 is 2.45 bits per heavy atom. The maximum atomic E-state index is 5.66. The van der Waals surface area contributed by atoms with E-state index in [0.717, 1.165) is 16.9 Å². The minimum atomic E-state index is 0.730. The van der Waals surface area contributed by atoms with Crippen LogP contribution in [-0.2, 0) is 0 Å². The van der Waals surface area contributed by atoms with Crippen molar-refractivity contribution in [3.8, 4) is 0 Å². The van der Waals surface area contributed by atoms with E-state index in [0.29, 0.717) is 0 Å². The van der Waals surface area contributed by atoms with Crippen molar-refractivity contribution in [3.05, 3.63) is 24.3 Å². The molecule has 0 saturated carbocycles. The van der Waals surface area contributed by atoms with Crippen molar-refractivity contribution >= 4 is 24.7 Å². The van der Waals surface area contributed by atoms with Gasteiger partial charge in [-0.3, -0.25) is 4.99 Å². The first-order valence-corrected chi connectivity index (χ1v) is 3.56. The van der Waals surface area contributed by atoms with E-state index in [2.05, 4.69) is 4.99 Å². The van der Waals surface area contributed by atoms with Crippen LogP contribution in [0.1, 0.15) is 13.8 Å². The first kappa shape index (κ1) is 8.06. The van der Waals surface area contributed by atoms with Gasteiger partial charge in [0.1, 0.15) is 7.85 Å². The van der Waals surface area contributed by atoms with Gasteiger partial charge in [0, 0.05) is 5.71 Å². The Labute approximate surface area is 68.6 Å². The molecule has 0 N–H and O–H groups in total. The van der Waals surface area contributed by atoms with Crippen LogP contribution in [0.25, 0.3) is 0 Å². The Balaban J connectivity index is 3.04. The molecule has 0 bridgehead atoms. The van der Waals surface area contributed by atoms with Crippen molar-refractivity contribution in [1.82, 2.24) is 0 Å². The average molecular weight is 143 g/mol. The molecular formula is C9H10BN. The van der Waals surface area contributed by atoms with Crippen LogP contribution < -0.4 is 5.46 Å². The molecule has 2 radical (unpaired) electrons. The SMILES string of the molecule is [B]c1ccccc1N=C(C)C. The molecule has 11 heavy (non-hydrogen) atoms. The lowest BCUT2D eigenvalue weighted by molar-refractivity contribution is 1.50. The lowest BCUT2D eigenvalue weighted by Crippen LogP contribution is -2.01. The van der Waals surface area contributed by atoms with Gasteiger partial charge in [0.15, 0.2) is 0 Å². The number of hydrogen-bond donors (Lipinski definition) is 0. The Morgan fingerprint density at radius 1 is 1.27 bits per heavy atom. The maximum Gasteiger partial charge on any atom is 0.116 e. The second-order valence-corrected chi connectivity index (χ2v) is 2.62. The van der Waals surface area contributed by atoms with Crippen molar-refractivity contribution in [3.63, 3.8) is 0 Å². The highest BCUT2D eigenvalue weighted by Crippen LogP contribution is 2.06. The zero-order chi connectivity index (χ0) is 8.27. The molecule has 0 aromatic heterocycles. The van der Waals surface area contributed by atoms with Gasteiger partial charge in [-0.05, 0) is 19.9 Å². The molecule has 0 fully saturated rings. The Bertz CT molecular complexity index is 275. The van der Waals surface area contributed by atoms with Gasteiger partial charge in [-0.25, -0.2) is 0 Å². The molecule has 1 aromatic carbocycles. The fourth-order valence-electron chi connectivity index (χ4n) is 0.830. The standard InChI is InChI=1S/C9H10BN/c1-7(2)11-9-6-4-3-5-8(9)10/h3-6H,1-2H3. The van der Waals surface area contributed by atoms with Crippen LogP contribution >= 0.6 is 0 Å². The number of nitrogens with zero attached hydrogens (tertiary/aromatic N) is 1. The van der Waals surface area contributed by atoms with E-state index in [9.17, 15) is 0 Å². The maximum absolute atomic E-state index is 5.66. The summed E-state index contributed by atoms with van der Waals surface area (Å²) >= 11 is 0. The fraction of sp³-hybridized carbons (Fsp3) is 0.222. The molecule has 0 saturated heterocycles. The van der Waals surface area contributed by atoms with E-state index < -0.39 is 0 Å². The summed E-state index contributed by atoms with van der Waals surface area (Å²) in [5.74, 6) is 0. The van der Waals surface area contributed by atoms with Gasteiger partial charge in [-0.15, -0.1) is 0 Å². The Hall–Kier alpha value is -1.05. The van der Waals surface area contributed by atoms with Gasteiger partial charge >= 0.3 is 0 Å². The number of benzene rings is 1. The second kappa shape index (κ2) is 3.38. The number of hydrogen-bond acceptors (Lipinski definition) is 1. The molecule has 0 aliphatic carbocycles. The van der Waals surface area contributed by atoms with Gasteiger partial charge in [-0.2, -0.15) is 0 Å². The third-order valence-corrected chi connectivity index (χ3v) is 1.28. The third-order valence-electron chi connectivity index (χ3n) is 1.28. The van der Waals surface area contributed by atoms with Crippen LogP contribution in [-0.4, -0.2) is 13.6 Å². The van der Waals surface area contributed by atoms with Crippen molar-refractivity contribution in [2.24, 2.45) is 4.99 Å². The summed E-state index contributed by atoms with van der Waals surface area (Å²) in [5.41, 5.74) is 2.60. The summed E-state index contributed by atoms with van der Waals surface area (Å²) in [4.78, 5) is 4.25. The monoisotopic (exact) mass is 143 g/mol. The number of para-hydroxylation sites is 1. The molecule has 54 valence electrons. The van der Waals surface area contributed by atoms with Crippen LogP contribution in [0, 0.1) is 0 Å². The van der Waals surface area contributed by atoms with Gasteiger partial charge in [0.05, 0.1) is 5.69 Å². The molecule has 2 heteroatoms. The van der Waals surface area contributed by atoms with E-state index >= 15 is 0 Å². The molecule has 0 atom stereocenters. The minimum absolute atomic E-state index is 0.730. The van der Waals surface area contributed by atoms with Gasteiger partial charge in [0.25, 0.3) is 0 Å². The molecule has 0 heterocycles. The predicted octanol–water partition coefficient (Wildman–Crippen LogP) is 1.59. The summed E-state index contributed by atoms with van der Waals surface area (Å²) < 4.78 is 0. The van der Waals surface area contributed by atoms with Gasteiger partial charge in [-0.1, -0.05) is 23.7 Å². The first-order chi connectivity index (χ1) is 5.20. The van der Waals surface area contributed by atoms with Crippen molar-refractivity contribution < 1.29 is 0 Å². The van der Waals surface area contributed by atoms with Crippen LogP contribution in [0.5, 0.6) is 0 Å². The Morgan fingerprint density at radius 2 is 1.91 bits per heavy atom. The zero-order valence-corrected chi connectivity index (χ0v) is 6.83. The molecule has 0 aliphatic rings. The van der Waals surface area contributed by atoms with E-state index in [-0.39, 0.29) is 0 Å². The lowest BCUT2D eigenvalue weighted by Gasteiger charge is -1.98. The zero-order valence-electron chi connectivity index (χ0n) is 6.83. The molecule has 0 unspecified atom stereocenters. The number of aliphatic imine (C=N–C) groups is 1. The average Bonchev–Trinajstić information content (AvgIpc) is 1.93. The highest BCUT2D eigenvalue weighted by Gasteiger charge is 1.91. The van der Waals surface area contributed by atoms with Gasteiger partial charge in [0.2, 0.25) is 0 Å². The molecule has 1 rings (SSSR count). The summed E-state index contributed by atoms with van der Waals surface area (Å²) in [5, 5.41) is 0. The van der Waals surface area contributed by atoms with Crippen LogP contribution in [0.3, 0.4) is 0 Å². The molecule has 0 aliphatic heterocycles. The van der Waals surface area contributed by atoms with Crippen LogP contribution in [0.15, 0.2) is 29.3 Å². The van der Waals surface area contributed by atoms with Crippen LogP contribution in [0.2, 0.25) is 0 Å². The van der Waals surface area contributed by atoms with Crippen LogP contribution in [0.4, 0.5) is 5.69 Å². The summed E-state index contributed by atoms with van der Waals surface area (Å²) in [7, 11) is 5.66. The van der Waals surface area contributed by atoms with E-state index in [1.54, 1.807) is 0 Å².